The summed E-state index contributed by atoms with van der Waals surface area (Å²) in [5.41, 5.74) is 4.35. The zero-order valence-electron chi connectivity index (χ0n) is 15.2. The second kappa shape index (κ2) is 5.73. The molecule has 4 nitrogen and oxygen atoms in total. The number of hydrogen-bond donors (Lipinski definition) is 0. The molecule has 0 aromatic carbocycles. The van der Waals surface area contributed by atoms with E-state index in [0.717, 1.165) is 34.5 Å². The molecule has 4 rings (SSSR count). The quantitative estimate of drug-likeness (QED) is 0.522. The highest BCUT2D eigenvalue weighted by Gasteiger charge is 2.17. The Morgan fingerprint density at radius 1 is 1.16 bits per heavy atom. The number of fused-ring (bicyclic) bond motifs is 2. The van der Waals surface area contributed by atoms with Crippen molar-refractivity contribution >= 4 is 16.6 Å². The summed E-state index contributed by atoms with van der Waals surface area (Å²) in [5, 5.41) is 1.10. The average molecular weight is 333 g/mol. The number of nitrogens with zero attached hydrogens (tertiary/aromatic N) is 3. The highest BCUT2D eigenvalue weighted by atomic mass is 16.3. The summed E-state index contributed by atoms with van der Waals surface area (Å²) in [6, 6.07) is 8.35. The minimum absolute atomic E-state index is 0.133. The number of aromatic nitrogens is 3. The van der Waals surface area contributed by atoms with E-state index in [2.05, 4.69) is 67.7 Å². The van der Waals surface area contributed by atoms with Crippen LogP contribution >= 0.6 is 0 Å². The molecule has 0 amide bonds. The lowest BCUT2D eigenvalue weighted by Crippen LogP contribution is -2.11. The van der Waals surface area contributed by atoms with Gasteiger partial charge in [-0.25, -0.2) is 4.98 Å². The van der Waals surface area contributed by atoms with Crippen LogP contribution in [0.15, 0.2) is 53.5 Å². The van der Waals surface area contributed by atoms with Crippen molar-refractivity contribution in [1.82, 2.24) is 14.4 Å². The first kappa shape index (κ1) is 15.9. The molecule has 0 aliphatic heterocycles. The third kappa shape index (κ3) is 3.04. The van der Waals surface area contributed by atoms with Crippen LogP contribution in [0, 0.1) is 0 Å². The van der Waals surface area contributed by atoms with E-state index in [1.54, 1.807) is 12.4 Å². The molecule has 1 unspecified atom stereocenters. The predicted molar refractivity (Wildman–Crippen MR) is 100 cm³/mol. The molecule has 0 spiro atoms. The molecule has 25 heavy (non-hydrogen) atoms. The largest absolute Gasteiger partial charge is 0.459 e. The van der Waals surface area contributed by atoms with Crippen LogP contribution in [0.3, 0.4) is 0 Å². The van der Waals surface area contributed by atoms with Gasteiger partial charge in [-0.1, -0.05) is 33.8 Å². The molecule has 0 saturated heterocycles. The summed E-state index contributed by atoms with van der Waals surface area (Å²) in [7, 11) is 0. The van der Waals surface area contributed by atoms with Gasteiger partial charge in [-0.15, -0.1) is 0 Å². The number of hydrogen-bond acceptors (Lipinski definition) is 3. The number of rotatable bonds is 3. The molecule has 0 fully saturated rings. The van der Waals surface area contributed by atoms with Crippen LogP contribution in [0.1, 0.15) is 50.6 Å². The Morgan fingerprint density at radius 3 is 2.76 bits per heavy atom. The molecule has 128 valence electrons. The lowest BCUT2D eigenvalue weighted by Gasteiger charge is -2.18. The molecular formula is C21H23N3O. The van der Waals surface area contributed by atoms with Crippen molar-refractivity contribution in [3.05, 3.63) is 66.1 Å². The average Bonchev–Trinajstić information content (AvgIpc) is 3.16. The molecular weight excluding hydrogens is 310 g/mol. The normalized spacial score (nSPS) is 13.6. The van der Waals surface area contributed by atoms with Crippen LogP contribution in [0.25, 0.3) is 16.6 Å². The van der Waals surface area contributed by atoms with E-state index in [1.165, 1.54) is 5.56 Å². The maximum Gasteiger partial charge on any atom is 0.152 e. The Labute approximate surface area is 147 Å². The SMILES string of the molecule is CC(Cc1cn2cc(C(C)(C)C)ccc2n1)c1cc2ccncc2o1. The van der Waals surface area contributed by atoms with Crippen LogP contribution in [0.2, 0.25) is 0 Å². The van der Waals surface area contributed by atoms with Gasteiger partial charge in [0.2, 0.25) is 0 Å². The van der Waals surface area contributed by atoms with Gasteiger partial charge in [0.05, 0.1) is 11.9 Å². The van der Waals surface area contributed by atoms with E-state index >= 15 is 0 Å². The number of pyridine rings is 2. The molecule has 4 aromatic heterocycles. The van der Waals surface area contributed by atoms with Gasteiger partial charge in [-0.2, -0.15) is 0 Å². The maximum absolute atomic E-state index is 5.94. The monoisotopic (exact) mass is 333 g/mol. The standard InChI is InChI=1S/C21H23N3O/c1-14(18-10-15-7-8-22-11-19(15)25-18)9-17-13-24-12-16(21(2,3)4)5-6-20(24)23-17/h5-8,10-14H,9H2,1-4H3. The highest BCUT2D eigenvalue weighted by Crippen LogP contribution is 2.27. The lowest BCUT2D eigenvalue weighted by molar-refractivity contribution is 0.502. The van der Waals surface area contributed by atoms with E-state index in [1.807, 2.05) is 6.07 Å². The van der Waals surface area contributed by atoms with Gasteiger partial charge in [0.1, 0.15) is 11.4 Å². The first-order chi connectivity index (χ1) is 11.9. The summed E-state index contributed by atoms with van der Waals surface area (Å²) in [4.78, 5) is 8.88. The minimum atomic E-state index is 0.133. The van der Waals surface area contributed by atoms with Gasteiger partial charge in [0.15, 0.2) is 5.58 Å². The number of furan rings is 1. The van der Waals surface area contributed by atoms with Crippen molar-refractivity contribution in [3.63, 3.8) is 0 Å². The van der Waals surface area contributed by atoms with E-state index in [4.69, 9.17) is 9.40 Å². The first-order valence-electron chi connectivity index (χ1n) is 8.72. The molecule has 0 saturated carbocycles. The molecule has 0 N–H and O–H groups in total. The number of imidazole rings is 1. The predicted octanol–water partition coefficient (Wildman–Crippen LogP) is 5.12. The molecule has 0 radical (unpaired) electrons. The second-order valence-corrected chi connectivity index (χ2v) is 7.83. The van der Waals surface area contributed by atoms with Gasteiger partial charge in [-0.3, -0.25) is 4.98 Å². The van der Waals surface area contributed by atoms with Gasteiger partial charge < -0.3 is 8.82 Å². The molecule has 4 aromatic rings. The lowest BCUT2D eigenvalue weighted by atomic mass is 9.88. The van der Waals surface area contributed by atoms with Gasteiger partial charge in [0.25, 0.3) is 0 Å². The van der Waals surface area contributed by atoms with Gasteiger partial charge in [-0.05, 0) is 29.2 Å². The van der Waals surface area contributed by atoms with Crippen molar-refractivity contribution in [2.45, 2.75) is 45.4 Å². The van der Waals surface area contributed by atoms with E-state index < -0.39 is 0 Å². The van der Waals surface area contributed by atoms with Crippen LogP contribution in [-0.2, 0) is 11.8 Å². The summed E-state index contributed by atoms with van der Waals surface area (Å²) in [6.07, 6.45) is 8.72. The van der Waals surface area contributed by atoms with Gasteiger partial charge in [0, 0.05) is 36.3 Å². The Hall–Kier alpha value is -2.62. The van der Waals surface area contributed by atoms with E-state index in [0.29, 0.717) is 0 Å². The summed E-state index contributed by atoms with van der Waals surface area (Å²) in [5.74, 6) is 1.25. The molecule has 4 heterocycles. The Bertz CT molecular complexity index is 1000. The Morgan fingerprint density at radius 2 is 2.00 bits per heavy atom. The topological polar surface area (TPSA) is 43.3 Å². The maximum atomic E-state index is 5.94. The Balaban J connectivity index is 1.61. The van der Waals surface area contributed by atoms with Crippen molar-refractivity contribution in [1.29, 1.82) is 0 Å². The zero-order chi connectivity index (χ0) is 17.6. The molecule has 0 aliphatic carbocycles. The summed E-state index contributed by atoms with van der Waals surface area (Å²) >= 11 is 0. The van der Waals surface area contributed by atoms with E-state index in [-0.39, 0.29) is 11.3 Å². The third-order valence-electron chi connectivity index (χ3n) is 4.71. The molecule has 1 atom stereocenters. The van der Waals surface area contributed by atoms with Crippen LogP contribution in [0.4, 0.5) is 0 Å². The van der Waals surface area contributed by atoms with Crippen molar-refractivity contribution in [2.24, 2.45) is 0 Å². The van der Waals surface area contributed by atoms with Crippen LogP contribution < -0.4 is 0 Å². The van der Waals surface area contributed by atoms with Crippen LogP contribution in [0.5, 0.6) is 0 Å². The fourth-order valence-electron chi connectivity index (χ4n) is 3.15. The molecule has 0 bridgehead atoms. The molecule has 0 aliphatic rings. The van der Waals surface area contributed by atoms with Crippen LogP contribution in [-0.4, -0.2) is 14.4 Å². The fraction of sp³-hybridized carbons (Fsp3) is 0.333. The van der Waals surface area contributed by atoms with Crippen molar-refractivity contribution < 1.29 is 4.42 Å². The Kier molecular flexibility index (Phi) is 3.64. The third-order valence-corrected chi connectivity index (χ3v) is 4.71. The van der Waals surface area contributed by atoms with Crippen molar-refractivity contribution in [3.8, 4) is 0 Å². The zero-order valence-corrected chi connectivity index (χ0v) is 15.2. The summed E-state index contributed by atoms with van der Waals surface area (Å²) in [6.45, 7) is 8.86. The van der Waals surface area contributed by atoms with Gasteiger partial charge >= 0.3 is 0 Å². The highest BCUT2D eigenvalue weighted by molar-refractivity contribution is 5.76. The smallest absolute Gasteiger partial charge is 0.152 e. The van der Waals surface area contributed by atoms with Crippen molar-refractivity contribution in [2.75, 3.05) is 0 Å². The second-order valence-electron chi connectivity index (χ2n) is 7.83. The minimum Gasteiger partial charge on any atom is -0.459 e. The summed E-state index contributed by atoms with van der Waals surface area (Å²) < 4.78 is 8.07. The molecule has 4 heteroatoms. The van der Waals surface area contributed by atoms with E-state index in [9.17, 15) is 0 Å². The first-order valence-corrected chi connectivity index (χ1v) is 8.72. The fourth-order valence-corrected chi connectivity index (χ4v) is 3.15.